The predicted molar refractivity (Wildman–Crippen MR) is 130 cm³/mol. The van der Waals surface area contributed by atoms with E-state index in [1.165, 1.54) is 12.1 Å². The van der Waals surface area contributed by atoms with E-state index in [0.29, 0.717) is 0 Å². The second-order valence-corrected chi connectivity index (χ2v) is 9.91. The highest BCUT2D eigenvalue weighted by Crippen LogP contribution is 2.59. The van der Waals surface area contributed by atoms with Crippen LogP contribution in [0.2, 0.25) is 0 Å². The van der Waals surface area contributed by atoms with E-state index in [1.54, 1.807) is 12.1 Å². The quantitative estimate of drug-likeness (QED) is 0.126. The van der Waals surface area contributed by atoms with E-state index in [-0.39, 0.29) is 23.6 Å². The third-order valence-corrected chi connectivity index (χ3v) is 6.34. The first-order valence-electron chi connectivity index (χ1n) is 11.2. The molecule has 0 aliphatic heterocycles. The molecule has 49 heavy (non-hydrogen) atoms. The average molecular weight is 882 g/mol. The fourth-order valence-corrected chi connectivity index (χ4v) is 3.01. The van der Waals surface area contributed by atoms with Gasteiger partial charge in [0.2, 0.25) is 0 Å². The second-order valence-electron chi connectivity index (χ2n) is 8.42. The van der Waals surface area contributed by atoms with Crippen LogP contribution in [0, 0.1) is 0 Å². The molecule has 0 spiro atoms. The Balaban J connectivity index is 0.000000778. The normalized spacial score (nSPS) is 15.7. The van der Waals surface area contributed by atoms with Crippen molar-refractivity contribution in [3.05, 3.63) is 48.0 Å². The second kappa shape index (κ2) is 15.4. The van der Waals surface area contributed by atoms with Gasteiger partial charge in [-0.25, -0.2) is 8.78 Å². The van der Waals surface area contributed by atoms with Crippen LogP contribution in [-0.4, -0.2) is 53.4 Å². The van der Waals surface area contributed by atoms with Gasteiger partial charge in [-0.05, 0) is 46.9 Å². The molecule has 0 radical (unpaired) electrons. The van der Waals surface area contributed by atoms with Gasteiger partial charge in [-0.15, -0.1) is 0 Å². The molecule has 2 atom stereocenters. The minimum absolute atomic E-state index is 0.0162. The average Bonchev–Trinajstić information content (AvgIpc) is 2.88. The van der Waals surface area contributed by atoms with Crippen molar-refractivity contribution >= 4 is 34.0 Å². The van der Waals surface area contributed by atoms with Crippen molar-refractivity contribution < 1.29 is 106 Å². The molecule has 0 aromatic heterocycles. The van der Waals surface area contributed by atoms with Crippen LogP contribution in [0.15, 0.2) is 42.5 Å². The van der Waals surface area contributed by atoms with E-state index in [1.807, 2.05) is 0 Å². The molecule has 2 aromatic carbocycles. The van der Waals surface area contributed by atoms with Crippen LogP contribution in [0.25, 0.3) is 0 Å². The van der Waals surface area contributed by atoms with Crippen molar-refractivity contribution in [3.8, 4) is 11.5 Å². The molecule has 2 rings (SSSR count). The van der Waals surface area contributed by atoms with Crippen molar-refractivity contribution in [2.24, 2.45) is 0 Å². The van der Waals surface area contributed by atoms with E-state index in [0.717, 1.165) is 0 Å². The molecular formula is C22H13F22IN2O2. The summed E-state index contributed by atoms with van der Waals surface area (Å²) in [4.78, 5) is 0. The van der Waals surface area contributed by atoms with E-state index in [2.05, 4.69) is 9.47 Å². The van der Waals surface area contributed by atoms with Crippen LogP contribution in [0.5, 0.6) is 11.5 Å². The Bertz CT molecular complexity index is 1330. The van der Waals surface area contributed by atoms with Gasteiger partial charge in [0.05, 0.1) is 11.4 Å². The lowest BCUT2D eigenvalue weighted by Gasteiger charge is -2.36. The fraction of sp³-hybridized carbons (Fsp3) is 0.455. The zero-order valence-electron chi connectivity index (χ0n) is 22.4. The van der Waals surface area contributed by atoms with Crippen LogP contribution in [0.3, 0.4) is 0 Å². The number of ether oxygens (including phenoxy) is 2. The number of benzene rings is 2. The molecule has 0 heterocycles. The summed E-state index contributed by atoms with van der Waals surface area (Å²) < 4.78 is 270. The van der Waals surface area contributed by atoms with Crippen molar-refractivity contribution in [2.75, 3.05) is 11.5 Å². The van der Waals surface area contributed by atoms with Crippen molar-refractivity contribution in [1.82, 2.24) is 0 Å². The molecule has 2 unspecified atom stereocenters. The van der Waals surface area contributed by atoms with Crippen molar-refractivity contribution in [2.45, 2.75) is 59.1 Å². The van der Waals surface area contributed by atoms with Gasteiger partial charge < -0.3 is 20.9 Å². The third kappa shape index (κ3) is 10.4. The van der Waals surface area contributed by atoms with Crippen molar-refractivity contribution in [1.29, 1.82) is 0 Å². The zero-order chi connectivity index (χ0) is 39.4. The lowest BCUT2D eigenvalue weighted by atomic mass is 9.87. The molecule has 0 saturated carbocycles. The summed E-state index contributed by atoms with van der Waals surface area (Å²) in [5.41, 5.74) is 1.14. The molecule has 284 valence electrons. The Morgan fingerprint density at radius 1 is 0.490 bits per heavy atom. The molecule has 4 nitrogen and oxygen atoms in total. The first-order valence-corrected chi connectivity index (χ1v) is 12.3. The largest absolute Gasteiger partial charge is 0.458 e. The topological polar surface area (TPSA) is 70.5 Å². The Morgan fingerprint density at radius 3 is 1.20 bits per heavy atom. The SMILES string of the molecule is FC(F)(F)C(F)(F)C(F)(I)C(F)(F)F.Nc1ccc(C(F)(C(F)(F)F)C(F)(F)C(F)(F)F)cc1OC(F)F.Nc1ccccc1OC(F)F. The van der Waals surface area contributed by atoms with Crippen molar-refractivity contribution in [3.63, 3.8) is 0 Å². The summed E-state index contributed by atoms with van der Waals surface area (Å²) >= 11 is -0.611. The molecule has 0 aliphatic carbocycles. The molecule has 0 bridgehead atoms. The summed E-state index contributed by atoms with van der Waals surface area (Å²) in [6.45, 7) is -6.52. The van der Waals surface area contributed by atoms with Gasteiger partial charge in [0.15, 0.2) is 0 Å². The van der Waals surface area contributed by atoms with Gasteiger partial charge in [0, 0.05) is 5.56 Å². The van der Waals surface area contributed by atoms with Crippen LogP contribution in [-0.2, 0) is 5.67 Å². The van der Waals surface area contributed by atoms with Crippen LogP contribution in [0.1, 0.15) is 5.56 Å². The number of alkyl halides is 23. The number of para-hydroxylation sites is 2. The zero-order valence-corrected chi connectivity index (χ0v) is 24.5. The monoisotopic (exact) mass is 882 g/mol. The number of halogens is 23. The first-order chi connectivity index (χ1) is 21.5. The molecule has 0 amide bonds. The fourth-order valence-electron chi connectivity index (χ4n) is 2.70. The lowest BCUT2D eigenvalue weighted by Crippen LogP contribution is -2.59. The maximum absolute atomic E-state index is 14.1. The van der Waals surface area contributed by atoms with Gasteiger partial charge in [-0.1, -0.05) is 18.2 Å². The number of rotatable bonds is 7. The number of nitrogens with two attached hydrogens (primary N) is 2. The number of hydrogen-bond acceptors (Lipinski definition) is 4. The Kier molecular flexibility index (Phi) is 14.4. The van der Waals surface area contributed by atoms with Crippen LogP contribution >= 0.6 is 22.6 Å². The standard InChI is InChI=1S/C11H6F11NO.C7H7F2NO.C4F9I/c12-7(13)24-6-3-4(1-2-5(6)23)8(14,10(17,18)19)9(15,16)11(20,21)22;8-7(9)11-6-4-2-1-3-5(6)10;5-1(6,3(8,9)10)2(7,14)4(11,12)13/h1-3,7H,23H2;1-4,7H,10H2;. The Morgan fingerprint density at radius 2 is 0.878 bits per heavy atom. The van der Waals surface area contributed by atoms with Gasteiger partial charge in [-0.3, -0.25) is 0 Å². The third-order valence-electron chi connectivity index (χ3n) is 5.05. The predicted octanol–water partition coefficient (Wildman–Crippen LogP) is 10.5. The highest BCUT2D eigenvalue weighted by molar-refractivity contribution is 14.1. The molecular weight excluding hydrogens is 869 g/mol. The molecule has 2 aromatic rings. The van der Waals surface area contributed by atoms with E-state index < -0.39 is 105 Å². The van der Waals surface area contributed by atoms with E-state index in [9.17, 15) is 96.6 Å². The smallest absolute Gasteiger partial charge is 0.433 e. The molecule has 0 saturated heterocycles. The highest BCUT2D eigenvalue weighted by atomic mass is 127. The highest BCUT2D eigenvalue weighted by Gasteiger charge is 2.82. The van der Waals surface area contributed by atoms with Gasteiger partial charge >= 0.3 is 59.1 Å². The number of hydrogen-bond donors (Lipinski definition) is 2. The molecule has 27 heteroatoms. The number of nitrogen functional groups attached to an aromatic ring is 2. The van der Waals surface area contributed by atoms with Gasteiger partial charge in [0.1, 0.15) is 11.5 Å². The maximum Gasteiger partial charge on any atom is 0.458 e. The Labute approximate surface area is 270 Å². The van der Waals surface area contributed by atoms with E-state index in [4.69, 9.17) is 11.5 Å². The summed E-state index contributed by atoms with van der Waals surface area (Å²) in [6.07, 6.45) is -26.6. The van der Waals surface area contributed by atoms with Gasteiger partial charge in [0.25, 0.3) is 0 Å². The molecule has 0 fully saturated rings. The minimum atomic E-state index is -6.93. The Hall–Kier alpha value is -3.17. The summed E-state index contributed by atoms with van der Waals surface area (Å²) in [5.74, 6) is -14.8. The minimum Gasteiger partial charge on any atom is -0.433 e. The number of anilines is 2. The summed E-state index contributed by atoms with van der Waals surface area (Å²) in [6, 6.07) is 5.80. The summed E-state index contributed by atoms with van der Waals surface area (Å²) in [7, 11) is 0. The maximum atomic E-state index is 14.1. The van der Waals surface area contributed by atoms with E-state index >= 15 is 0 Å². The van der Waals surface area contributed by atoms with Crippen LogP contribution in [0.4, 0.5) is 108 Å². The molecule has 0 aliphatic rings. The molecule has 4 N–H and O–H groups in total. The first kappa shape index (κ1) is 45.8. The van der Waals surface area contributed by atoms with Crippen LogP contribution < -0.4 is 20.9 Å². The lowest BCUT2D eigenvalue weighted by molar-refractivity contribution is -0.389. The van der Waals surface area contributed by atoms with Gasteiger partial charge in [-0.2, -0.15) is 87.8 Å². The summed E-state index contributed by atoms with van der Waals surface area (Å²) in [5, 5.41) is 0.